The molecule has 1 amide bonds. The fraction of sp³-hybridized carbons (Fsp3) is 0.111. The molecule has 0 saturated heterocycles. The van der Waals surface area contributed by atoms with Crippen LogP contribution < -0.4 is 15.4 Å². The Morgan fingerprint density at radius 3 is 2.65 bits per heavy atom. The van der Waals surface area contributed by atoms with Gasteiger partial charge >= 0.3 is 0 Å². The maximum absolute atomic E-state index is 12.0. The van der Waals surface area contributed by atoms with Crippen molar-refractivity contribution < 1.29 is 14.5 Å². The summed E-state index contributed by atoms with van der Waals surface area (Å²) in [6, 6.07) is 11.8. The third-order valence-electron chi connectivity index (χ3n) is 3.54. The van der Waals surface area contributed by atoms with E-state index < -0.39 is 10.8 Å². The number of ether oxygens (including phenoxy) is 1. The van der Waals surface area contributed by atoms with Gasteiger partial charge in [-0.05, 0) is 37.4 Å². The van der Waals surface area contributed by atoms with E-state index in [9.17, 15) is 14.9 Å². The Morgan fingerprint density at radius 2 is 1.96 bits per heavy atom. The molecule has 2 aromatic carbocycles. The van der Waals surface area contributed by atoms with Gasteiger partial charge in [-0.3, -0.25) is 20.2 Å². The summed E-state index contributed by atoms with van der Waals surface area (Å²) in [7, 11) is 1.55. The molecule has 0 aliphatic heterocycles. The van der Waals surface area contributed by atoms with Crippen molar-refractivity contribution in [3.8, 4) is 5.75 Å². The van der Waals surface area contributed by atoms with Crippen molar-refractivity contribution in [3.63, 3.8) is 0 Å². The van der Waals surface area contributed by atoms with E-state index in [1.54, 1.807) is 38.3 Å². The smallest absolute Gasteiger partial charge is 0.274 e. The molecule has 0 atom stereocenters. The largest absolute Gasteiger partial charge is 0.496 e. The maximum Gasteiger partial charge on any atom is 0.274 e. The number of hydrogen-bond donors (Lipinski definition) is 2. The van der Waals surface area contributed by atoms with Crippen LogP contribution >= 0.6 is 12.2 Å². The van der Waals surface area contributed by atoms with Crippen LogP contribution in [0.4, 0.5) is 11.4 Å². The highest BCUT2D eigenvalue weighted by atomic mass is 32.1. The van der Waals surface area contributed by atoms with Crippen LogP contribution in [0.15, 0.2) is 48.5 Å². The Balaban J connectivity index is 2.02. The number of para-hydroxylation sites is 1. The number of nitro groups is 1. The number of nitro benzene ring substituents is 1. The zero-order valence-corrected chi connectivity index (χ0v) is 15.0. The van der Waals surface area contributed by atoms with Gasteiger partial charge in [0.05, 0.1) is 23.3 Å². The lowest BCUT2D eigenvalue weighted by molar-refractivity contribution is -0.385. The molecule has 0 unspecified atom stereocenters. The van der Waals surface area contributed by atoms with Gasteiger partial charge < -0.3 is 10.1 Å². The second-order valence-corrected chi connectivity index (χ2v) is 5.63. The summed E-state index contributed by atoms with van der Waals surface area (Å²) in [4.78, 5) is 22.5. The highest BCUT2D eigenvalue weighted by Crippen LogP contribution is 2.24. The van der Waals surface area contributed by atoms with Crippen molar-refractivity contribution in [2.75, 3.05) is 12.4 Å². The van der Waals surface area contributed by atoms with Gasteiger partial charge in [0, 0.05) is 17.7 Å². The Kier molecular flexibility index (Phi) is 6.40. The molecule has 0 bridgehead atoms. The summed E-state index contributed by atoms with van der Waals surface area (Å²) in [5.41, 5.74) is 1.61. The fourth-order valence-corrected chi connectivity index (χ4v) is 2.44. The van der Waals surface area contributed by atoms with E-state index >= 15 is 0 Å². The average Bonchev–Trinajstić information content (AvgIpc) is 2.61. The van der Waals surface area contributed by atoms with Crippen molar-refractivity contribution >= 4 is 40.7 Å². The third-order valence-corrected chi connectivity index (χ3v) is 3.74. The third kappa shape index (κ3) is 4.87. The first-order valence-electron chi connectivity index (χ1n) is 7.59. The Labute approximate surface area is 155 Å². The Morgan fingerprint density at radius 1 is 1.23 bits per heavy atom. The molecule has 0 fully saturated rings. The summed E-state index contributed by atoms with van der Waals surface area (Å²) in [6.07, 6.45) is 2.93. The number of anilines is 1. The van der Waals surface area contributed by atoms with Gasteiger partial charge in [-0.2, -0.15) is 0 Å². The average molecular weight is 371 g/mol. The van der Waals surface area contributed by atoms with Gasteiger partial charge in [-0.15, -0.1) is 0 Å². The van der Waals surface area contributed by atoms with Gasteiger partial charge in [0.15, 0.2) is 5.11 Å². The summed E-state index contributed by atoms with van der Waals surface area (Å²) >= 11 is 5.09. The molecule has 26 heavy (non-hydrogen) atoms. The van der Waals surface area contributed by atoms with Crippen molar-refractivity contribution in [1.82, 2.24) is 5.32 Å². The Bertz CT molecular complexity index is 880. The van der Waals surface area contributed by atoms with Gasteiger partial charge in [0.1, 0.15) is 5.75 Å². The molecule has 0 radical (unpaired) electrons. The van der Waals surface area contributed by atoms with E-state index in [1.807, 2.05) is 18.2 Å². The van der Waals surface area contributed by atoms with Crippen LogP contribution in [-0.4, -0.2) is 23.1 Å². The van der Waals surface area contributed by atoms with E-state index in [0.717, 1.165) is 5.56 Å². The number of nitrogens with zero attached hydrogens (tertiary/aromatic N) is 1. The zero-order chi connectivity index (χ0) is 19.1. The molecule has 2 aromatic rings. The molecule has 2 rings (SSSR count). The Hall–Kier alpha value is -3.26. The predicted molar refractivity (Wildman–Crippen MR) is 104 cm³/mol. The summed E-state index contributed by atoms with van der Waals surface area (Å²) in [5, 5.41) is 16.3. The topological polar surface area (TPSA) is 93.5 Å². The quantitative estimate of drug-likeness (QED) is 0.362. The summed E-state index contributed by atoms with van der Waals surface area (Å²) < 4.78 is 5.21. The number of carbonyl (C=O) groups is 1. The SMILES string of the molecule is COc1ccccc1C=CC(=O)NC(=S)Nc1cccc([N+](=O)[O-])c1C. The fourth-order valence-electron chi connectivity index (χ4n) is 2.23. The number of rotatable bonds is 5. The van der Waals surface area contributed by atoms with Crippen molar-refractivity contribution in [2.45, 2.75) is 6.92 Å². The number of hydrogen-bond acceptors (Lipinski definition) is 5. The molecule has 0 heterocycles. The molecular formula is C18H17N3O4S. The standard InChI is InChI=1S/C18H17N3O4S/c1-12-14(7-5-8-15(12)21(23)24)19-18(26)20-17(22)11-10-13-6-3-4-9-16(13)25-2/h3-11H,1-2H3,(H2,19,20,22,26). The minimum Gasteiger partial charge on any atom is -0.496 e. The molecule has 0 aromatic heterocycles. The van der Waals surface area contributed by atoms with E-state index in [0.29, 0.717) is 17.0 Å². The molecule has 7 nitrogen and oxygen atoms in total. The van der Waals surface area contributed by atoms with E-state index in [-0.39, 0.29) is 10.8 Å². The molecule has 8 heteroatoms. The van der Waals surface area contributed by atoms with Gasteiger partial charge in [0.2, 0.25) is 5.91 Å². The van der Waals surface area contributed by atoms with E-state index in [1.165, 1.54) is 12.1 Å². The van der Waals surface area contributed by atoms with Crippen LogP contribution in [-0.2, 0) is 4.79 Å². The van der Waals surface area contributed by atoms with Crippen LogP contribution in [0.25, 0.3) is 6.08 Å². The molecule has 134 valence electrons. The highest BCUT2D eigenvalue weighted by molar-refractivity contribution is 7.80. The first-order valence-corrected chi connectivity index (χ1v) is 8.00. The van der Waals surface area contributed by atoms with Crippen LogP contribution in [0.3, 0.4) is 0 Å². The minimum absolute atomic E-state index is 0.0276. The van der Waals surface area contributed by atoms with Crippen LogP contribution in [0.1, 0.15) is 11.1 Å². The molecular weight excluding hydrogens is 354 g/mol. The van der Waals surface area contributed by atoms with Crippen molar-refractivity contribution in [1.29, 1.82) is 0 Å². The van der Waals surface area contributed by atoms with Crippen LogP contribution in [0.5, 0.6) is 5.75 Å². The monoisotopic (exact) mass is 371 g/mol. The maximum atomic E-state index is 12.0. The second-order valence-electron chi connectivity index (χ2n) is 5.23. The lowest BCUT2D eigenvalue weighted by Crippen LogP contribution is -2.33. The van der Waals surface area contributed by atoms with E-state index in [4.69, 9.17) is 17.0 Å². The molecule has 2 N–H and O–H groups in total. The first-order chi connectivity index (χ1) is 12.4. The predicted octanol–water partition coefficient (Wildman–Crippen LogP) is 3.44. The summed E-state index contributed by atoms with van der Waals surface area (Å²) in [5.74, 6) is 0.209. The number of benzene rings is 2. The molecule has 0 saturated carbocycles. The normalized spacial score (nSPS) is 10.4. The molecule has 0 aliphatic rings. The number of amides is 1. The van der Waals surface area contributed by atoms with Crippen molar-refractivity contribution in [2.24, 2.45) is 0 Å². The van der Waals surface area contributed by atoms with E-state index in [2.05, 4.69) is 10.6 Å². The minimum atomic E-state index is -0.474. The lowest BCUT2D eigenvalue weighted by Gasteiger charge is -2.10. The number of carbonyl (C=O) groups excluding carboxylic acids is 1. The lowest BCUT2D eigenvalue weighted by atomic mass is 10.1. The van der Waals surface area contributed by atoms with Crippen molar-refractivity contribution in [3.05, 3.63) is 69.8 Å². The highest BCUT2D eigenvalue weighted by Gasteiger charge is 2.14. The summed E-state index contributed by atoms with van der Waals surface area (Å²) in [6.45, 7) is 1.60. The van der Waals surface area contributed by atoms with Gasteiger partial charge in [-0.1, -0.05) is 24.3 Å². The van der Waals surface area contributed by atoms with Gasteiger partial charge in [-0.25, -0.2) is 0 Å². The zero-order valence-electron chi connectivity index (χ0n) is 14.2. The number of nitrogens with one attached hydrogen (secondary N) is 2. The van der Waals surface area contributed by atoms with Gasteiger partial charge in [0.25, 0.3) is 5.69 Å². The van der Waals surface area contributed by atoms with Crippen LogP contribution in [0, 0.1) is 17.0 Å². The molecule has 0 spiro atoms. The first kappa shape index (κ1) is 19.1. The number of thiocarbonyl (C=S) groups is 1. The molecule has 0 aliphatic carbocycles. The second kappa shape index (κ2) is 8.72. The van der Waals surface area contributed by atoms with Crippen LogP contribution in [0.2, 0.25) is 0 Å². The number of methoxy groups -OCH3 is 1.